The lowest BCUT2D eigenvalue weighted by Crippen LogP contribution is -2.16. The Kier molecular flexibility index (Phi) is 4.40. The first-order valence-corrected chi connectivity index (χ1v) is 7.84. The summed E-state index contributed by atoms with van der Waals surface area (Å²) in [5, 5.41) is 11.6. The number of aromatic hydroxyl groups is 1. The van der Waals surface area contributed by atoms with Crippen molar-refractivity contribution in [1.29, 1.82) is 0 Å². The molecule has 0 saturated carbocycles. The predicted molar refractivity (Wildman–Crippen MR) is 92.7 cm³/mol. The molecule has 4 nitrogen and oxygen atoms in total. The third-order valence-corrected chi connectivity index (χ3v) is 4.15. The van der Waals surface area contributed by atoms with Crippen LogP contribution in [0.25, 0.3) is 11.0 Å². The van der Waals surface area contributed by atoms with Crippen LogP contribution in [0.4, 0.5) is 0 Å². The minimum absolute atomic E-state index is 0.0665. The minimum Gasteiger partial charge on any atom is -0.507 e. The predicted octanol–water partition coefficient (Wildman–Crippen LogP) is 4.26. The average molecular weight is 343 g/mol. The number of halogens is 1. The Hall–Kier alpha value is -2.59. The van der Waals surface area contributed by atoms with Gasteiger partial charge in [0.25, 0.3) is 0 Å². The van der Waals surface area contributed by atoms with E-state index in [9.17, 15) is 14.7 Å². The molecular formula is C19H15ClO4. The Morgan fingerprint density at radius 2 is 1.96 bits per heavy atom. The van der Waals surface area contributed by atoms with Crippen LogP contribution in [-0.4, -0.2) is 10.9 Å². The molecule has 1 aromatic heterocycles. The van der Waals surface area contributed by atoms with E-state index in [1.54, 1.807) is 48.5 Å². The van der Waals surface area contributed by atoms with Crippen molar-refractivity contribution in [3.8, 4) is 5.75 Å². The number of para-hydroxylation sites is 1. The van der Waals surface area contributed by atoms with Gasteiger partial charge >= 0.3 is 5.63 Å². The first-order chi connectivity index (χ1) is 11.5. The van der Waals surface area contributed by atoms with Crippen molar-refractivity contribution >= 4 is 28.4 Å². The Morgan fingerprint density at radius 3 is 2.67 bits per heavy atom. The normalized spacial score (nSPS) is 12.2. The molecule has 0 fully saturated rings. The first-order valence-electron chi connectivity index (χ1n) is 7.47. The van der Waals surface area contributed by atoms with Crippen molar-refractivity contribution in [3.05, 3.63) is 75.1 Å². The Labute approximate surface area is 143 Å². The number of fused-ring (bicyclic) bond motifs is 1. The van der Waals surface area contributed by atoms with E-state index in [2.05, 4.69) is 0 Å². The highest BCUT2D eigenvalue weighted by Crippen LogP contribution is 2.36. The second kappa shape index (κ2) is 6.49. The third kappa shape index (κ3) is 3.05. The Balaban J connectivity index is 2.27. The number of carbonyl (C=O) groups excluding carboxylic acids is 1. The van der Waals surface area contributed by atoms with Crippen molar-refractivity contribution in [2.45, 2.75) is 19.3 Å². The van der Waals surface area contributed by atoms with Crippen LogP contribution in [0.1, 0.15) is 30.4 Å². The molecule has 2 aromatic carbocycles. The fourth-order valence-electron chi connectivity index (χ4n) is 2.85. The first kappa shape index (κ1) is 16.3. The molecule has 24 heavy (non-hydrogen) atoms. The van der Waals surface area contributed by atoms with Crippen LogP contribution >= 0.6 is 11.6 Å². The van der Waals surface area contributed by atoms with Gasteiger partial charge in [-0.05, 0) is 36.8 Å². The van der Waals surface area contributed by atoms with Crippen molar-refractivity contribution in [2.24, 2.45) is 0 Å². The lowest BCUT2D eigenvalue weighted by atomic mass is 9.87. The standard InChI is InChI=1S/C19H15ClO4/c1-11(21)9-15(12-5-4-6-13(20)10-12)17-18(22)14-7-2-3-8-16(14)24-19(17)23/h2-8,10,15,22H,9H2,1H3/t15-/m0/s1. The summed E-state index contributed by atoms with van der Waals surface area (Å²) < 4.78 is 5.33. The Morgan fingerprint density at radius 1 is 1.21 bits per heavy atom. The molecular weight excluding hydrogens is 328 g/mol. The number of rotatable bonds is 4. The molecule has 0 radical (unpaired) electrons. The summed E-state index contributed by atoms with van der Waals surface area (Å²) in [7, 11) is 0. The van der Waals surface area contributed by atoms with Crippen LogP contribution in [0, 0.1) is 0 Å². The maximum Gasteiger partial charge on any atom is 0.343 e. The molecule has 0 aliphatic heterocycles. The Bertz CT molecular complexity index is 975. The highest BCUT2D eigenvalue weighted by molar-refractivity contribution is 6.30. The summed E-state index contributed by atoms with van der Waals surface area (Å²) in [6.45, 7) is 1.44. The highest BCUT2D eigenvalue weighted by atomic mass is 35.5. The van der Waals surface area contributed by atoms with Crippen LogP contribution in [0.2, 0.25) is 5.02 Å². The van der Waals surface area contributed by atoms with Crippen LogP contribution in [0.3, 0.4) is 0 Å². The van der Waals surface area contributed by atoms with Crippen LogP contribution in [-0.2, 0) is 4.79 Å². The fraction of sp³-hybridized carbons (Fsp3) is 0.158. The summed E-state index contributed by atoms with van der Waals surface area (Å²) in [6, 6.07) is 13.6. The van der Waals surface area contributed by atoms with Crippen molar-refractivity contribution in [3.63, 3.8) is 0 Å². The van der Waals surface area contributed by atoms with Gasteiger partial charge in [-0.3, -0.25) is 4.79 Å². The van der Waals surface area contributed by atoms with Gasteiger partial charge < -0.3 is 9.52 Å². The summed E-state index contributed by atoms with van der Waals surface area (Å²) in [5.74, 6) is -0.887. The molecule has 122 valence electrons. The van der Waals surface area contributed by atoms with E-state index in [4.69, 9.17) is 16.0 Å². The monoisotopic (exact) mass is 342 g/mol. The van der Waals surface area contributed by atoms with E-state index in [0.717, 1.165) is 0 Å². The number of benzene rings is 2. The molecule has 0 aliphatic rings. The number of carbonyl (C=O) groups is 1. The van der Waals surface area contributed by atoms with E-state index < -0.39 is 11.5 Å². The van der Waals surface area contributed by atoms with Crippen LogP contribution < -0.4 is 5.63 Å². The highest BCUT2D eigenvalue weighted by Gasteiger charge is 2.26. The van der Waals surface area contributed by atoms with E-state index in [1.807, 2.05) is 0 Å². The largest absolute Gasteiger partial charge is 0.507 e. The number of Topliss-reactive ketones (excluding diaryl/α,β-unsaturated/α-hetero) is 1. The molecule has 1 atom stereocenters. The third-order valence-electron chi connectivity index (χ3n) is 3.91. The zero-order valence-electron chi connectivity index (χ0n) is 13.0. The quantitative estimate of drug-likeness (QED) is 0.719. The van der Waals surface area contributed by atoms with E-state index in [1.165, 1.54) is 6.92 Å². The van der Waals surface area contributed by atoms with Crippen LogP contribution in [0.5, 0.6) is 5.75 Å². The zero-order valence-corrected chi connectivity index (χ0v) is 13.7. The van der Waals surface area contributed by atoms with Crippen molar-refractivity contribution in [2.75, 3.05) is 0 Å². The molecule has 0 amide bonds. The minimum atomic E-state index is -0.655. The van der Waals surface area contributed by atoms with E-state index in [-0.39, 0.29) is 23.5 Å². The summed E-state index contributed by atoms with van der Waals surface area (Å²) in [6.07, 6.45) is 0.0665. The van der Waals surface area contributed by atoms with Crippen molar-refractivity contribution in [1.82, 2.24) is 0 Å². The van der Waals surface area contributed by atoms with Gasteiger partial charge in [0, 0.05) is 17.4 Å². The van der Waals surface area contributed by atoms with E-state index in [0.29, 0.717) is 21.6 Å². The summed E-state index contributed by atoms with van der Waals surface area (Å²) in [4.78, 5) is 24.2. The second-order valence-electron chi connectivity index (χ2n) is 5.66. The number of ketones is 1. The molecule has 3 rings (SSSR count). The molecule has 3 aromatic rings. The van der Waals surface area contributed by atoms with Gasteiger partial charge in [-0.25, -0.2) is 4.79 Å². The summed E-state index contributed by atoms with van der Waals surface area (Å²) >= 11 is 6.04. The van der Waals surface area contributed by atoms with Crippen molar-refractivity contribution < 1.29 is 14.3 Å². The SMILES string of the molecule is CC(=O)C[C@@H](c1cccc(Cl)c1)c1c(O)c2ccccc2oc1=O. The molecule has 0 unspecified atom stereocenters. The van der Waals surface area contributed by atoms with Gasteiger partial charge in [-0.1, -0.05) is 35.9 Å². The fourth-order valence-corrected chi connectivity index (χ4v) is 3.05. The molecule has 0 aliphatic carbocycles. The average Bonchev–Trinajstić information content (AvgIpc) is 2.53. The molecule has 0 spiro atoms. The molecule has 0 saturated heterocycles. The lowest BCUT2D eigenvalue weighted by molar-refractivity contribution is -0.117. The molecule has 1 N–H and O–H groups in total. The number of hydrogen-bond acceptors (Lipinski definition) is 4. The summed E-state index contributed by atoms with van der Waals surface area (Å²) in [5.41, 5.74) is 0.399. The van der Waals surface area contributed by atoms with E-state index >= 15 is 0 Å². The van der Waals surface area contributed by atoms with Gasteiger partial charge in [-0.15, -0.1) is 0 Å². The zero-order chi connectivity index (χ0) is 17.3. The molecule has 0 bridgehead atoms. The smallest absolute Gasteiger partial charge is 0.343 e. The molecule has 5 heteroatoms. The maximum absolute atomic E-state index is 12.5. The van der Waals surface area contributed by atoms with Gasteiger partial charge in [0.15, 0.2) is 0 Å². The van der Waals surface area contributed by atoms with Crippen LogP contribution in [0.15, 0.2) is 57.7 Å². The van der Waals surface area contributed by atoms with Gasteiger partial charge in [0.2, 0.25) is 0 Å². The van der Waals surface area contributed by atoms with Gasteiger partial charge in [0.05, 0.1) is 10.9 Å². The van der Waals surface area contributed by atoms with Gasteiger partial charge in [-0.2, -0.15) is 0 Å². The number of hydrogen-bond donors (Lipinski definition) is 1. The lowest BCUT2D eigenvalue weighted by Gasteiger charge is -2.17. The second-order valence-corrected chi connectivity index (χ2v) is 6.10. The maximum atomic E-state index is 12.5. The van der Waals surface area contributed by atoms with Gasteiger partial charge in [0.1, 0.15) is 17.1 Å². The molecule has 1 heterocycles. The topological polar surface area (TPSA) is 67.5 Å².